The van der Waals surface area contributed by atoms with Crippen LogP contribution in [0.2, 0.25) is 5.15 Å². The van der Waals surface area contributed by atoms with Crippen molar-refractivity contribution in [1.29, 1.82) is 0 Å². The summed E-state index contributed by atoms with van der Waals surface area (Å²) in [5, 5.41) is 12.1. The lowest BCUT2D eigenvalue weighted by Gasteiger charge is -2.14. The molecule has 1 aromatic heterocycles. The van der Waals surface area contributed by atoms with E-state index >= 15 is 0 Å². The summed E-state index contributed by atoms with van der Waals surface area (Å²) in [6, 6.07) is 3.55. The number of thioether (sulfide) groups is 1. The van der Waals surface area contributed by atoms with Gasteiger partial charge in [0.25, 0.3) is 0 Å². The molecule has 2 N–H and O–H groups in total. The van der Waals surface area contributed by atoms with Gasteiger partial charge in [0, 0.05) is 17.4 Å². The Balaban J connectivity index is 2.24. The highest BCUT2D eigenvalue weighted by molar-refractivity contribution is 7.98. The van der Waals surface area contributed by atoms with Crippen molar-refractivity contribution in [2.75, 3.05) is 11.9 Å². The van der Waals surface area contributed by atoms with Gasteiger partial charge in [-0.1, -0.05) is 35.5 Å². The van der Waals surface area contributed by atoms with Crippen LogP contribution in [0, 0.1) is 11.6 Å². The third-order valence-corrected chi connectivity index (χ3v) is 4.23. The van der Waals surface area contributed by atoms with E-state index in [1.807, 2.05) is 0 Å². The number of carbonyl (C=O) groups excluding carboxylic acids is 1. The number of aliphatic hydroxyl groups excluding tert-OH is 1. The zero-order chi connectivity index (χ0) is 17.7. The van der Waals surface area contributed by atoms with Gasteiger partial charge in [-0.3, -0.25) is 4.79 Å². The summed E-state index contributed by atoms with van der Waals surface area (Å²) in [5.41, 5.74) is 0.232. The summed E-state index contributed by atoms with van der Waals surface area (Å²) in [4.78, 5) is 19.3. The minimum absolute atomic E-state index is 0.0603. The van der Waals surface area contributed by atoms with E-state index in [2.05, 4.69) is 15.3 Å². The number of rotatable bonds is 7. The number of carbonyl (C=O) groups is 1. The SMILES string of the molecule is C[C@H](CO)Nc1nc(SCc2cccc(F)c2F)nc(Cl)c1C=O. The minimum Gasteiger partial charge on any atom is -0.394 e. The fraction of sp³-hybridized carbons (Fsp3) is 0.267. The van der Waals surface area contributed by atoms with Crippen molar-refractivity contribution in [3.8, 4) is 0 Å². The van der Waals surface area contributed by atoms with E-state index in [4.69, 9.17) is 16.7 Å². The molecule has 0 aliphatic heterocycles. The molecule has 128 valence electrons. The highest BCUT2D eigenvalue weighted by Gasteiger charge is 2.16. The quantitative estimate of drug-likeness (QED) is 0.336. The van der Waals surface area contributed by atoms with Gasteiger partial charge in [-0.05, 0) is 13.0 Å². The van der Waals surface area contributed by atoms with E-state index < -0.39 is 11.6 Å². The van der Waals surface area contributed by atoms with Crippen molar-refractivity contribution in [3.05, 3.63) is 46.1 Å². The molecule has 1 atom stereocenters. The average molecular weight is 374 g/mol. The summed E-state index contributed by atoms with van der Waals surface area (Å²) < 4.78 is 26.9. The Kier molecular flexibility index (Phi) is 6.47. The lowest BCUT2D eigenvalue weighted by atomic mass is 10.2. The van der Waals surface area contributed by atoms with Crippen LogP contribution in [0.4, 0.5) is 14.6 Å². The van der Waals surface area contributed by atoms with Gasteiger partial charge in [0.2, 0.25) is 0 Å². The summed E-state index contributed by atoms with van der Waals surface area (Å²) in [5.74, 6) is -1.58. The maximum atomic E-state index is 13.7. The standard InChI is InChI=1S/C15H14ClF2N3O2S/c1-8(5-22)19-14-10(6-23)13(16)20-15(21-14)24-7-9-3-2-4-11(17)12(9)18/h2-4,6,8,22H,5,7H2,1H3,(H,19,20,21)/t8-/m1/s1. The third-order valence-electron chi connectivity index (χ3n) is 3.04. The average Bonchev–Trinajstić information content (AvgIpc) is 2.56. The Bertz CT molecular complexity index is 749. The smallest absolute Gasteiger partial charge is 0.191 e. The molecule has 0 bridgehead atoms. The molecule has 0 aliphatic rings. The van der Waals surface area contributed by atoms with E-state index in [0.717, 1.165) is 17.8 Å². The molecule has 0 fully saturated rings. The van der Waals surface area contributed by atoms with Gasteiger partial charge >= 0.3 is 0 Å². The number of halogens is 3. The van der Waals surface area contributed by atoms with Crippen LogP contribution in [0.3, 0.4) is 0 Å². The van der Waals surface area contributed by atoms with Crippen molar-refractivity contribution in [2.24, 2.45) is 0 Å². The summed E-state index contributed by atoms with van der Waals surface area (Å²) in [7, 11) is 0. The number of hydrogen-bond donors (Lipinski definition) is 2. The van der Waals surface area contributed by atoms with E-state index in [1.54, 1.807) is 6.92 Å². The second kappa shape index (κ2) is 8.36. The van der Waals surface area contributed by atoms with Crippen molar-refractivity contribution in [3.63, 3.8) is 0 Å². The zero-order valence-corrected chi connectivity index (χ0v) is 14.2. The van der Waals surface area contributed by atoms with Gasteiger partial charge in [0.15, 0.2) is 23.1 Å². The van der Waals surface area contributed by atoms with Crippen molar-refractivity contribution in [2.45, 2.75) is 23.9 Å². The Morgan fingerprint density at radius 1 is 1.42 bits per heavy atom. The van der Waals surface area contributed by atoms with Crippen LogP contribution >= 0.6 is 23.4 Å². The monoisotopic (exact) mass is 373 g/mol. The van der Waals surface area contributed by atoms with Crippen LogP contribution in [-0.2, 0) is 5.75 Å². The normalized spacial score (nSPS) is 12.0. The molecule has 0 unspecified atom stereocenters. The molecule has 0 spiro atoms. The van der Waals surface area contributed by atoms with Gasteiger partial charge in [-0.2, -0.15) is 0 Å². The van der Waals surface area contributed by atoms with Crippen LogP contribution in [0.15, 0.2) is 23.4 Å². The first-order valence-electron chi connectivity index (χ1n) is 6.92. The molecular formula is C15H14ClF2N3O2S. The number of nitrogens with one attached hydrogen (secondary N) is 1. The second-order valence-corrected chi connectivity index (χ2v) is 6.21. The number of anilines is 1. The topological polar surface area (TPSA) is 75.1 Å². The van der Waals surface area contributed by atoms with Crippen LogP contribution in [0.25, 0.3) is 0 Å². The molecule has 0 saturated carbocycles. The van der Waals surface area contributed by atoms with Crippen molar-refractivity contribution >= 4 is 35.5 Å². The molecular weight excluding hydrogens is 360 g/mol. The maximum Gasteiger partial charge on any atom is 0.191 e. The molecule has 0 aliphatic carbocycles. The molecule has 0 radical (unpaired) electrons. The Hall–Kier alpha value is -1.77. The molecule has 0 saturated heterocycles. The van der Waals surface area contributed by atoms with Crippen LogP contribution in [-0.4, -0.2) is 34.0 Å². The molecule has 24 heavy (non-hydrogen) atoms. The Morgan fingerprint density at radius 2 is 2.17 bits per heavy atom. The Labute approximate surface area is 146 Å². The highest BCUT2D eigenvalue weighted by atomic mass is 35.5. The predicted molar refractivity (Wildman–Crippen MR) is 88.5 cm³/mol. The lowest BCUT2D eigenvalue weighted by Crippen LogP contribution is -2.21. The summed E-state index contributed by atoms with van der Waals surface area (Å²) >= 11 is 7.01. The van der Waals surface area contributed by atoms with Crippen molar-refractivity contribution in [1.82, 2.24) is 9.97 Å². The molecule has 1 aromatic carbocycles. The number of nitrogens with zero attached hydrogens (tertiary/aromatic N) is 2. The van der Waals surface area contributed by atoms with Crippen LogP contribution in [0.5, 0.6) is 0 Å². The lowest BCUT2D eigenvalue weighted by molar-refractivity contribution is 0.112. The molecule has 9 heteroatoms. The number of benzene rings is 1. The van der Waals surface area contributed by atoms with Crippen molar-refractivity contribution < 1.29 is 18.7 Å². The van der Waals surface area contributed by atoms with E-state index in [-0.39, 0.29) is 45.7 Å². The van der Waals surface area contributed by atoms with Gasteiger partial charge < -0.3 is 10.4 Å². The van der Waals surface area contributed by atoms with Crippen LogP contribution in [0.1, 0.15) is 22.8 Å². The second-order valence-electron chi connectivity index (χ2n) is 4.91. The minimum atomic E-state index is -0.928. The first kappa shape index (κ1) is 18.6. The summed E-state index contributed by atoms with van der Waals surface area (Å²) in [6.45, 7) is 1.52. The van der Waals surface area contributed by atoms with Gasteiger partial charge in [-0.25, -0.2) is 18.7 Å². The molecule has 2 aromatic rings. The third kappa shape index (κ3) is 4.40. The number of aromatic nitrogens is 2. The molecule has 5 nitrogen and oxygen atoms in total. The molecule has 0 amide bonds. The zero-order valence-electron chi connectivity index (χ0n) is 12.6. The summed E-state index contributed by atoms with van der Waals surface area (Å²) in [6.07, 6.45) is 0.509. The fourth-order valence-electron chi connectivity index (χ4n) is 1.78. The van der Waals surface area contributed by atoms with Crippen LogP contribution < -0.4 is 5.32 Å². The number of hydrogen-bond acceptors (Lipinski definition) is 6. The fourth-order valence-corrected chi connectivity index (χ4v) is 2.87. The predicted octanol–water partition coefficient (Wildman–Crippen LogP) is 3.31. The van der Waals surface area contributed by atoms with Gasteiger partial charge in [-0.15, -0.1) is 0 Å². The van der Waals surface area contributed by atoms with E-state index in [9.17, 15) is 13.6 Å². The van der Waals surface area contributed by atoms with E-state index in [0.29, 0.717) is 6.29 Å². The van der Waals surface area contributed by atoms with Gasteiger partial charge in [0.1, 0.15) is 11.0 Å². The highest BCUT2D eigenvalue weighted by Crippen LogP contribution is 2.27. The first-order chi connectivity index (χ1) is 11.5. The van der Waals surface area contributed by atoms with E-state index in [1.165, 1.54) is 12.1 Å². The van der Waals surface area contributed by atoms with Gasteiger partial charge in [0.05, 0.1) is 12.2 Å². The maximum absolute atomic E-state index is 13.7. The first-order valence-corrected chi connectivity index (χ1v) is 8.28. The number of aliphatic hydroxyl groups is 1. The Morgan fingerprint density at radius 3 is 2.83 bits per heavy atom. The largest absolute Gasteiger partial charge is 0.394 e. The molecule has 2 rings (SSSR count). The molecule has 1 heterocycles. The number of aldehydes is 1.